The highest BCUT2D eigenvalue weighted by Crippen LogP contribution is 2.37. The largest absolute Gasteiger partial charge is 0.497 e. The van der Waals surface area contributed by atoms with Crippen LogP contribution in [0.15, 0.2) is 97.7 Å². The average molecular weight is 673 g/mol. The van der Waals surface area contributed by atoms with Crippen LogP contribution in [0.4, 0.5) is 0 Å². The van der Waals surface area contributed by atoms with Gasteiger partial charge in [0.05, 0.1) is 38.5 Å². The molecule has 0 N–H and O–H groups in total. The summed E-state index contributed by atoms with van der Waals surface area (Å²) in [6.45, 7) is 0. The molecule has 7 aromatic rings. The lowest BCUT2D eigenvalue weighted by atomic mass is 10.2. The maximum atomic E-state index is 6.04. The molecule has 0 saturated heterocycles. The first-order valence-corrected chi connectivity index (χ1v) is 15.0. The molecule has 0 saturated carbocycles. The molecule has 0 bridgehead atoms. The van der Waals surface area contributed by atoms with Gasteiger partial charge in [-0.25, -0.2) is 15.0 Å². The molecule has 0 atom stereocenters. The topological polar surface area (TPSA) is 102 Å². The lowest BCUT2D eigenvalue weighted by molar-refractivity contribution is 0.414. The molecule has 4 aromatic carbocycles. The number of hydrogen-bond donors (Lipinski definition) is 0. The number of oxazole rings is 2. The summed E-state index contributed by atoms with van der Waals surface area (Å²) in [7, 11) is 6.54. The third-order valence-electron chi connectivity index (χ3n) is 6.69. The van der Waals surface area contributed by atoms with Gasteiger partial charge in [0.2, 0.25) is 11.8 Å². The Balaban J connectivity index is 0.000000159. The van der Waals surface area contributed by atoms with Crippen molar-refractivity contribution >= 4 is 49.5 Å². The fourth-order valence-electron chi connectivity index (χ4n) is 4.44. The van der Waals surface area contributed by atoms with Crippen LogP contribution in [0.3, 0.4) is 0 Å². The Labute approximate surface area is 265 Å². The summed E-state index contributed by atoms with van der Waals surface area (Å²) in [6, 6.07) is 22.7. The minimum Gasteiger partial charge on any atom is -0.497 e. The SMILES string of the molecule is COc1ccc(-c2nc3cc(OC)cc(-c4nccs4)c3o2)cc1.COc1ccc(-c2nc3cc(OC)cc(Br)c3o2)cc1. The molecule has 44 heavy (non-hydrogen) atoms. The summed E-state index contributed by atoms with van der Waals surface area (Å²) >= 11 is 5.01. The van der Waals surface area contributed by atoms with Crippen LogP contribution in [-0.4, -0.2) is 43.4 Å². The van der Waals surface area contributed by atoms with Gasteiger partial charge in [0.25, 0.3) is 0 Å². The maximum Gasteiger partial charge on any atom is 0.227 e. The van der Waals surface area contributed by atoms with E-state index in [0.29, 0.717) is 22.9 Å². The van der Waals surface area contributed by atoms with E-state index in [1.807, 2.05) is 78.2 Å². The minimum absolute atomic E-state index is 0.554. The van der Waals surface area contributed by atoms with Crippen molar-refractivity contribution in [2.24, 2.45) is 0 Å². The zero-order chi connectivity index (χ0) is 30.6. The van der Waals surface area contributed by atoms with Crippen molar-refractivity contribution < 1.29 is 27.8 Å². The number of thiazole rings is 1. The second kappa shape index (κ2) is 12.8. The van der Waals surface area contributed by atoms with E-state index in [-0.39, 0.29) is 0 Å². The Kier molecular flexibility index (Phi) is 8.49. The van der Waals surface area contributed by atoms with E-state index in [4.69, 9.17) is 27.8 Å². The number of ether oxygens (including phenoxy) is 4. The number of hydrogen-bond acceptors (Lipinski definition) is 10. The van der Waals surface area contributed by atoms with Crippen LogP contribution >= 0.6 is 27.3 Å². The summed E-state index contributed by atoms with van der Waals surface area (Å²) in [5, 5.41) is 2.80. The Morgan fingerprint density at radius 3 is 1.61 bits per heavy atom. The van der Waals surface area contributed by atoms with Crippen LogP contribution in [0.1, 0.15) is 0 Å². The van der Waals surface area contributed by atoms with Gasteiger partial charge in [-0.15, -0.1) is 11.3 Å². The summed E-state index contributed by atoms with van der Waals surface area (Å²) in [5.74, 6) is 4.17. The molecule has 0 radical (unpaired) electrons. The van der Waals surface area contributed by atoms with Crippen LogP contribution in [0.25, 0.3) is 55.7 Å². The zero-order valence-electron chi connectivity index (χ0n) is 24.2. The molecule has 0 aliphatic rings. The maximum absolute atomic E-state index is 6.04. The predicted molar refractivity (Wildman–Crippen MR) is 174 cm³/mol. The van der Waals surface area contributed by atoms with E-state index < -0.39 is 0 Å². The second-order valence-corrected chi connectivity index (χ2v) is 11.1. The van der Waals surface area contributed by atoms with Crippen LogP contribution in [0, 0.1) is 0 Å². The van der Waals surface area contributed by atoms with Crippen LogP contribution in [-0.2, 0) is 0 Å². The van der Waals surface area contributed by atoms with Gasteiger partial charge in [-0.05, 0) is 76.6 Å². The number of rotatable bonds is 7. The van der Waals surface area contributed by atoms with Crippen molar-refractivity contribution in [1.82, 2.24) is 15.0 Å². The van der Waals surface area contributed by atoms with E-state index in [2.05, 4.69) is 30.9 Å². The molecule has 3 aromatic heterocycles. The first-order chi connectivity index (χ1) is 21.5. The summed E-state index contributed by atoms with van der Waals surface area (Å²) < 4.78 is 33.6. The predicted octanol–water partition coefficient (Wildman–Crippen LogP) is 8.91. The fourth-order valence-corrected chi connectivity index (χ4v) is 5.60. The summed E-state index contributed by atoms with van der Waals surface area (Å²) in [6.07, 6.45) is 1.77. The lowest BCUT2D eigenvalue weighted by Gasteiger charge is -2.02. The molecule has 0 fully saturated rings. The highest BCUT2D eigenvalue weighted by atomic mass is 79.9. The third-order valence-corrected chi connectivity index (χ3v) is 8.09. The van der Waals surface area contributed by atoms with Crippen LogP contribution in [0.5, 0.6) is 23.0 Å². The van der Waals surface area contributed by atoms with Gasteiger partial charge in [0.1, 0.15) is 39.0 Å². The summed E-state index contributed by atoms with van der Waals surface area (Å²) in [4.78, 5) is 13.5. The van der Waals surface area contributed by atoms with Gasteiger partial charge in [-0.3, -0.25) is 0 Å². The number of nitrogens with zero attached hydrogens (tertiary/aromatic N) is 3. The van der Waals surface area contributed by atoms with E-state index in [9.17, 15) is 0 Å². The molecule has 0 aliphatic heterocycles. The molecule has 0 unspecified atom stereocenters. The smallest absolute Gasteiger partial charge is 0.227 e. The highest BCUT2D eigenvalue weighted by molar-refractivity contribution is 9.10. The van der Waals surface area contributed by atoms with Gasteiger partial charge < -0.3 is 27.8 Å². The van der Waals surface area contributed by atoms with Crippen molar-refractivity contribution in [3.05, 3.63) is 88.8 Å². The van der Waals surface area contributed by atoms with Gasteiger partial charge in [0.15, 0.2) is 11.2 Å². The van der Waals surface area contributed by atoms with Gasteiger partial charge in [-0.2, -0.15) is 0 Å². The van der Waals surface area contributed by atoms with Crippen molar-refractivity contribution in [2.45, 2.75) is 0 Å². The van der Waals surface area contributed by atoms with E-state index >= 15 is 0 Å². The van der Waals surface area contributed by atoms with Gasteiger partial charge >= 0.3 is 0 Å². The molecule has 9 nitrogen and oxygen atoms in total. The summed E-state index contributed by atoms with van der Waals surface area (Å²) in [5.41, 5.74) is 5.57. The Hall–Kier alpha value is -4.87. The van der Waals surface area contributed by atoms with Crippen LogP contribution < -0.4 is 18.9 Å². The van der Waals surface area contributed by atoms with E-state index in [0.717, 1.165) is 60.2 Å². The molecule has 0 spiro atoms. The van der Waals surface area contributed by atoms with Crippen molar-refractivity contribution in [2.75, 3.05) is 28.4 Å². The Bertz CT molecular complexity index is 2020. The first kappa shape index (κ1) is 29.2. The monoisotopic (exact) mass is 671 g/mol. The minimum atomic E-state index is 0.554. The van der Waals surface area contributed by atoms with Crippen molar-refractivity contribution in [1.29, 1.82) is 0 Å². The van der Waals surface area contributed by atoms with Gasteiger partial charge in [-0.1, -0.05) is 0 Å². The van der Waals surface area contributed by atoms with E-state index in [1.54, 1.807) is 46.0 Å². The number of fused-ring (bicyclic) bond motifs is 2. The van der Waals surface area contributed by atoms with Crippen molar-refractivity contribution in [3.63, 3.8) is 0 Å². The molecule has 7 rings (SSSR count). The number of aromatic nitrogens is 3. The van der Waals surface area contributed by atoms with E-state index in [1.165, 1.54) is 0 Å². The van der Waals surface area contributed by atoms with Crippen molar-refractivity contribution in [3.8, 4) is 56.5 Å². The highest BCUT2D eigenvalue weighted by Gasteiger charge is 2.17. The number of halogens is 1. The fraction of sp³-hybridized carbons (Fsp3) is 0.121. The first-order valence-electron chi connectivity index (χ1n) is 13.3. The zero-order valence-corrected chi connectivity index (χ0v) is 26.6. The number of methoxy groups -OCH3 is 4. The molecule has 222 valence electrons. The van der Waals surface area contributed by atoms with Gasteiger partial charge in [0, 0.05) is 34.8 Å². The number of benzene rings is 4. The Morgan fingerprint density at radius 1 is 0.614 bits per heavy atom. The average Bonchev–Trinajstić information content (AvgIpc) is 3.85. The lowest BCUT2D eigenvalue weighted by Crippen LogP contribution is -1.85. The molecule has 11 heteroatoms. The second-order valence-electron chi connectivity index (χ2n) is 9.31. The molecular formula is C33H26BrN3O6S. The molecule has 0 amide bonds. The standard InChI is InChI=1S/C18H14N2O3S.C15H12BrNO3/c1-21-12-5-3-11(4-6-12)17-20-15-10-13(22-2)9-14(16(15)23-17)18-19-7-8-24-18;1-18-10-5-3-9(4-6-10)15-17-13-8-11(19-2)7-12(16)14(13)20-15/h3-10H,1-2H3;3-8H,1-2H3. The molecule has 0 aliphatic carbocycles. The normalized spacial score (nSPS) is 10.8. The quantitative estimate of drug-likeness (QED) is 0.164. The van der Waals surface area contributed by atoms with Crippen LogP contribution in [0.2, 0.25) is 0 Å². The molecule has 3 heterocycles. The molecular weight excluding hydrogens is 646 g/mol. The third kappa shape index (κ3) is 5.97. The Morgan fingerprint density at radius 2 is 1.11 bits per heavy atom.